The standard InChI is InChI=1S/C30H33NO5/c1-6-34-30(35-7-2)20-27(31-24-14-8-21(3)9-15-24)28(22-10-16-25(32-4)17-11-22)29(36-30)23-12-18-26(33-5)19-13-23/h8-19H,6-7,20H2,1-5H3. The summed E-state index contributed by atoms with van der Waals surface area (Å²) in [5, 5.41) is 0. The molecule has 3 aromatic rings. The van der Waals surface area contributed by atoms with Crippen molar-refractivity contribution < 1.29 is 23.7 Å². The van der Waals surface area contributed by atoms with Gasteiger partial charge in [0.1, 0.15) is 17.3 Å². The van der Waals surface area contributed by atoms with E-state index >= 15 is 0 Å². The highest BCUT2D eigenvalue weighted by molar-refractivity contribution is 6.31. The van der Waals surface area contributed by atoms with Gasteiger partial charge in [-0.1, -0.05) is 29.8 Å². The Morgan fingerprint density at radius 2 is 1.28 bits per heavy atom. The van der Waals surface area contributed by atoms with E-state index in [1.54, 1.807) is 14.2 Å². The molecule has 1 aliphatic rings. The zero-order chi connectivity index (χ0) is 25.5. The van der Waals surface area contributed by atoms with Crippen LogP contribution in [0.15, 0.2) is 77.8 Å². The number of aryl methyl sites for hydroxylation is 1. The third kappa shape index (κ3) is 5.61. The van der Waals surface area contributed by atoms with Gasteiger partial charge in [-0.25, -0.2) is 0 Å². The number of aliphatic imine (C=N–C) groups is 1. The molecule has 0 amide bonds. The molecule has 3 aromatic carbocycles. The summed E-state index contributed by atoms with van der Waals surface area (Å²) >= 11 is 0. The zero-order valence-corrected chi connectivity index (χ0v) is 21.5. The van der Waals surface area contributed by atoms with Gasteiger partial charge in [0.05, 0.1) is 45.3 Å². The van der Waals surface area contributed by atoms with Gasteiger partial charge >= 0.3 is 5.97 Å². The van der Waals surface area contributed by atoms with E-state index in [0.717, 1.165) is 39.6 Å². The summed E-state index contributed by atoms with van der Waals surface area (Å²) in [6, 6.07) is 23.8. The minimum Gasteiger partial charge on any atom is -0.497 e. The lowest BCUT2D eigenvalue weighted by atomic mass is 9.91. The molecule has 0 aliphatic carbocycles. The van der Waals surface area contributed by atoms with Crippen LogP contribution in [0.2, 0.25) is 0 Å². The second kappa shape index (κ2) is 11.4. The first-order valence-corrected chi connectivity index (χ1v) is 12.2. The number of nitrogens with zero attached hydrogens (tertiary/aromatic N) is 1. The number of ether oxygens (including phenoxy) is 5. The summed E-state index contributed by atoms with van der Waals surface area (Å²) in [6.07, 6.45) is 0.323. The van der Waals surface area contributed by atoms with Crippen LogP contribution in [0.4, 0.5) is 5.69 Å². The molecule has 0 unspecified atom stereocenters. The molecular weight excluding hydrogens is 454 g/mol. The van der Waals surface area contributed by atoms with E-state index in [9.17, 15) is 0 Å². The van der Waals surface area contributed by atoms with Gasteiger partial charge in [0, 0.05) is 11.1 Å². The smallest absolute Gasteiger partial charge is 0.332 e. The molecule has 0 bridgehead atoms. The molecule has 0 aromatic heterocycles. The van der Waals surface area contributed by atoms with Crippen molar-refractivity contribution in [1.29, 1.82) is 0 Å². The Balaban J connectivity index is 1.97. The van der Waals surface area contributed by atoms with Crippen LogP contribution in [-0.4, -0.2) is 39.1 Å². The van der Waals surface area contributed by atoms with Crippen LogP contribution in [0, 0.1) is 6.92 Å². The predicted molar refractivity (Wildman–Crippen MR) is 143 cm³/mol. The van der Waals surface area contributed by atoms with Crippen molar-refractivity contribution in [2.45, 2.75) is 33.2 Å². The Bertz CT molecular complexity index is 1210. The molecule has 1 aliphatic heterocycles. The minimum absolute atomic E-state index is 0.323. The summed E-state index contributed by atoms with van der Waals surface area (Å²) < 4.78 is 29.6. The highest BCUT2D eigenvalue weighted by atomic mass is 16.9. The number of benzene rings is 3. The van der Waals surface area contributed by atoms with E-state index in [1.165, 1.54) is 5.56 Å². The van der Waals surface area contributed by atoms with E-state index in [1.807, 2.05) is 74.5 Å². The van der Waals surface area contributed by atoms with E-state index in [4.69, 9.17) is 28.7 Å². The molecule has 0 radical (unpaired) electrons. The maximum atomic E-state index is 6.61. The number of hydrogen-bond donors (Lipinski definition) is 0. The van der Waals surface area contributed by atoms with Gasteiger partial charge < -0.3 is 23.7 Å². The third-order valence-corrected chi connectivity index (χ3v) is 5.91. The van der Waals surface area contributed by atoms with Gasteiger partial charge in [0.15, 0.2) is 0 Å². The monoisotopic (exact) mass is 487 g/mol. The molecule has 188 valence electrons. The maximum absolute atomic E-state index is 6.61. The highest BCUT2D eigenvalue weighted by Crippen LogP contribution is 2.42. The Labute approximate surface area is 213 Å². The number of allylic oxidation sites excluding steroid dienone is 1. The van der Waals surface area contributed by atoms with Crippen molar-refractivity contribution in [3.63, 3.8) is 0 Å². The fourth-order valence-electron chi connectivity index (χ4n) is 4.18. The van der Waals surface area contributed by atoms with Crippen LogP contribution in [0.5, 0.6) is 11.5 Å². The van der Waals surface area contributed by atoms with E-state index in [2.05, 4.69) is 19.1 Å². The molecule has 6 heteroatoms. The van der Waals surface area contributed by atoms with Gasteiger partial charge in [0.25, 0.3) is 0 Å². The Morgan fingerprint density at radius 3 is 1.78 bits per heavy atom. The summed E-state index contributed by atoms with van der Waals surface area (Å²) in [6.45, 7) is 6.76. The maximum Gasteiger partial charge on any atom is 0.332 e. The van der Waals surface area contributed by atoms with Crippen LogP contribution in [-0.2, 0) is 14.2 Å². The number of hydrogen-bond acceptors (Lipinski definition) is 6. The van der Waals surface area contributed by atoms with Crippen molar-refractivity contribution >= 4 is 22.7 Å². The van der Waals surface area contributed by atoms with Crippen molar-refractivity contribution in [3.8, 4) is 11.5 Å². The number of rotatable bonds is 9. The molecule has 6 nitrogen and oxygen atoms in total. The van der Waals surface area contributed by atoms with Crippen LogP contribution in [0.3, 0.4) is 0 Å². The molecule has 0 spiro atoms. The molecule has 0 N–H and O–H groups in total. The lowest BCUT2D eigenvalue weighted by Gasteiger charge is -2.39. The molecule has 36 heavy (non-hydrogen) atoms. The Kier molecular flexibility index (Phi) is 8.08. The molecule has 4 rings (SSSR count). The van der Waals surface area contributed by atoms with Gasteiger partial charge in [0.2, 0.25) is 0 Å². The topological polar surface area (TPSA) is 58.5 Å². The second-order valence-electron chi connectivity index (χ2n) is 8.38. The fraction of sp³-hybridized carbons (Fsp3) is 0.300. The first-order chi connectivity index (χ1) is 17.5. The molecular formula is C30H33NO5. The van der Waals surface area contributed by atoms with Crippen LogP contribution in [0.1, 0.15) is 37.0 Å². The molecule has 0 atom stereocenters. The Morgan fingerprint density at radius 1 is 0.750 bits per heavy atom. The Hall–Kier alpha value is -3.61. The van der Waals surface area contributed by atoms with Crippen molar-refractivity contribution in [1.82, 2.24) is 0 Å². The van der Waals surface area contributed by atoms with Gasteiger partial charge in [-0.3, -0.25) is 4.99 Å². The van der Waals surface area contributed by atoms with Gasteiger partial charge in [-0.05, 0) is 74.9 Å². The quantitative estimate of drug-likeness (QED) is 0.311. The van der Waals surface area contributed by atoms with Crippen molar-refractivity contribution in [2.24, 2.45) is 4.99 Å². The number of methoxy groups -OCH3 is 2. The van der Waals surface area contributed by atoms with Crippen molar-refractivity contribution in [2.75, 3.05) is 27.4 Å². The first kappa shape index (κ1) is 25.5. The molecule has 0 saturated carbocycles. The van der Waals surface area contributed by atoms with Crippen LogP contribution >= 0.6 is 0 Å². The summed E-state index contributed by atoms with van der Waals surface area (Å²) in [5.41, 5.74) is 5.52. The average Bonchev–Trinajstić information content (AvgIpc) is 2.90. The van der Waals surface area contributed by atoms with Crippen molar-refractivity contribution in [3.05, 3.63) is 89.5 Å². The summed E-state index contributed by atoms with van der Waals surface area (Å²) in [5.74, 6) is 0.868. The highest BCUT2D eigenvalue weighted by Gasteiger charge is 2.43. The normalized spacial score (nSPS) is 16.1. The van der Waals surface area contributed by atoms with E-state index in [-0.39, 0.29) is 0 Å². The predicted octanol–water partition coefficient (Wildman–Crippen LogP) is 6.80. The lowest BCUT2D eigenvalue weighted by molar-refractivity contribution is -0.349. The largest absolute Gasteiger partial charge is 0.497 e. The second-order valence-corrected chi connectivity index (χ2v) is 8.38. The third-order valence-electron chi connectivity index (χ3n) is 5.91. The zero-order valence-electron chi connectivity index (χ0n) is 21.5. The van der Waals surface area contributed by atoms with E-state index < -0.39 is 5.97 Å². The van der Waals surface area contributed by atoms with Gasteiger partial charge in [-0.2, -0.15) is 0 Å². The molecule has 0 fully saturated rings. The SMILES string of the molecule is CCOC1(OCC)CC(=Nc2ccc(C)cc2)C(c2ccc(OC)cc2)=C(c2ccc(OC)cc2)O1. The fourth-order valence-corrected chi connectivity index (χ4v) is 4.18. The molecule has 0 saturated heterocycles. The molecule has 1 heterocycles. The average molecular weight is 488 g/mol. The van der Waals surface area contributed by atoms with Crippen LogP contribution < -0.4 is 9.47 Å². The van der Waals surface area contributed by atoms with Crippen LogP contribution in [0.25, 0.3) is 11.3 Å². The summed E-state index contributed by atoms with van der Waals surface area (Å²) in [7, 11) is 3.30. The lowest BCUT2D eigenvalue weighted by Crippen LogP contribution is -2.44. The van der Waals surface area contributed by atoms with E-state index in [0.29, 0.717) is 25.4 Å². The summed E-state index contributed by atoms with van der Waals surface area (Å²) in [4.78, 5) is 5.09. The first-order valence-electron chi connectivity index (χ1n) is 12.2. The minimum atomic E-state index is -1.29. The van der Waals surface area contributed by atoms with Gasteiger partial charge in [-0.15, -0.1) is 0 Å².